The predicted molar refractivity (Wildman–Crippen MR) is 97.1 cm³/mol. The molecule has 25 heavy (non-hydrogen) atoms. The van der Waals surface area contributed by atoms with Crippen molar-refractivity contribution in [3.63, 3.8) is 0 Å². The van der Waals surface area contributed by atoms with Crippen LogP contribution in [0.2, 0.25) is 0 Å². The highest BCUT2D eigenvalue weighted by Gasteiger charge is 2.14. The van der Waals surface area contributed by atoms with Crippen LogP contribution in [-0.2, 0) is 0 Å². The quantitative estimate of drug-likeness (QED) is 0.671. The van der Waals surface area contributed by atoms with Gasteiger partial charge in [-0.2, -0.15) is 0 Å². The molecule has 1 amide bonds. The number of carbonyl (C=O) groups is 1. The van der Waals surface area contributed by atoms with Gasteiger partial charge in [-0.25, -0.2) is 0 Å². The summed E-state index contributed by atoms with van der Waals surface area (Å²) in [5.41, 5.74) is 1.32. The van der Waals surface area contributed by atoms with Gasteiger partial charge in [-0.1, -0.05) is 17.2 Å². The monoisotopic (exact) mass is 355 g/mol. The average Bonchev–Trinajstić information content (AvgIpc) is 3.11. The Bertz CT molecular complexity index is 862. The first-order valence-corrected chi connectivity index (χ1v) is 8.95. The molecule has 0 bridgehead atoms. The van der Waals surface area contributed by atoms with Crippen molar-refractivity contribution in [2.24, 2.45) is 0 Å². The van der Waals surface area contributed by atoms with Gasteiger partial charge in [-0.3, -0.25) is 10.1 Å². The molecule has 1 heterocycles. The van der Waals surface area contributed by atoms with E-state index in [2.05, 4.69) is 15.5 Å². The number of carbonyl (C=O) groups excluding carboxylic acids is 1. The molecule has 0 fully saturated rings. The molecule has 0 atom stereocenters. The van der Waals surface area contributed by atoms with Gasteiger partial charge < -0.3 is 9.15 Å². The lowest BCUT2D eigenvalue weighted by Crippen LogP contribution is -2.12. The Hall–Kier alpha value is -2.80. The van der Waals surface area contributed by atoms with Gasteiger partial charge >= 0.3 is 6.01 Å². The minimum atomic E-state index is -0.323. The second-order valence-corrected chi connectivity index (χ2v) is 5.87. The number of amides is 1. The molecule has 6 nitrogen and oxygen atoms in total. The summed E-state index contributed by atoms with van der Waals surface area (Å²) in [5, 5.41) is 10.5. The van der Waals surface area contributed by atoms with Crippen molar-refractivity contribution in [1.29, 1.82) is 0 Å². The summed E-state index contributed by atoms with van der Waals surface area (Å²) in [6, 6.07) is 14.6. The van der Waals surface area contributed by atoms with Gasteiger partial charge in [0, 0.05) is 10.5 Å². The van der Waals surface area contributed by atoms with E-state index in [0.29, 0.717) is 23.8 Å². The van der Waals surface area contributed by atoms with Crippen LogP contribution in [0.5, 0.6) is 5.75 Å². The molecule has 0 saturated carbocycles. The maximum Gasteiger partial charge on any atom is 0.322 e. The third-order valence-electron chi connectivity index (χ3n) is 3.41. The molecule has 7 heteroatoms. The molecule has 0 aliphatic rings. The van der Waals surface area contributed by atoms with Crippen LogP contribution in [0, 0.1) is 0 Å². The molecule has 1 aromatic heterocycles. The van der Waals surface area contributed by atoms with Crippen molar-refractivity contribution in [1.82, 2.24) is 10.2 Å². The third kappa shape index (κ3) is 4.00. The lowest BCUT2D eigenvalue weighted by atomic mass is 10.2. The van der Waals surface area contributed by atoms with Crippen molar-refractivity contribution >= 4 is 23.7 Å². The number of anilines is 1. The first-order valence-electron chi connectivity index (χ1n) is 7.72. The molecule has 128 valence electrons. The van der Waals surface area contributed by atoms with Crippen LogP contribution in [0.3, 0.4) is 0 Å². The SMILES string of the molecule is CCOc1ccc(C(=O)Nc2nnc(-c3ccccc3SC)o2)cc1. The summed E-state index contributed by atoms with van der Waals surface area (Å²) in [4.78, 5) is 13.3. The summed E-state index contributed by atoms with van der Waals surface area (Å²) < 4.78 is 10.9. The second-order valence-electron chi connectivity index (χ2n) is 5.02. The largest absolute Gasteiger partial charge is 0.494 e. The minimum Gasteiger partial charge on any atom is -0.494 e. The summed E-state index contributed by atoms with van der Waals surface area (Å²) in [6.45, 7) is 2.48. The number of ether oxygens (including phenoxy) is 1. The van der Waals surface area contributed by atoms with Crippen LogP contribution < -0.4 is 10.1 Å². The first kappa shape index (κ1) is 17.0. The number of hydrogen-bond donors (Lipinski definition) is 1. The molecule has 0 spiro atoms. The van der Waals surface area contributed by atoms with Crippen molar-refractivity contribution in [2.75, 3.05) is 18.2 Å². The molecular weight excluding hydrogens is 338 g/mol. The number of rotatable bonds is 6. The van der Waals surface area contributed by atoms with Crippen LogP contribution in [-0.4, -0.2) is 29.0 Å². The predicted octanol–water partition coefficient (Wildman–Crippen LogP) is 4.11. The summed E-state index contributed by atoms with van der Waals surface area (Å²) in [6.07, 6.45) is 1.98. The standard InChI is InChI=1S/C18H17N3O3S/c1-3-23-13-10-8-12(9-11-13)16(22)19-18-21-20-17(24-18)14-6-4-5-7-15(14)25-2/h4-11H,3H2,1-2H3,(H,19,21,22). The fourth-order valence-electron chi connectivity index (χ4n) is 2.24. The fourth-order valence-corrected chi connectivity index (χ4v) is 2.83. The number of benzene rings is 2. The third-order valence-corrected chi connectivity index (χ3v) is 4.21. The number of thioether (sulfide) groups is 1. The Morgan fingerprint density at radius 3 is 2.64 bits per heavy atom. The van der Waals surface area contributed by atoms with Crippen LogP contribution in [0.15, 0.2) is 57.8 Å². The Kier molecular flexibility index (Phi) is 5.35. The lowest BCUT2D eigenvalue weighted by molar-refractivity contribution is 0.102. The van der Waals surface area contributed by atoms with Crippen LogP contribution >= 0.6 is 11.8 Å². The van der Waals surface area contributed by atoms with E-state index in [1.54, 1.807) is 36.0 Å². The van der Waals surface area contributed by atoms with E-state index in [9.17, 15) is 4.79 Å². The average molecular weight is 355 g/mol. The van der Waals surface area contributed by atoms with Crippen LogP contribution in [0.1, 0.15) is 17.3 Å². The molecule has 0 aliphatic carbocycles. The fraction of sp³-hybridized carbons (Fsp3) is 0.167. The molecule has 3 aromatic rings. The molecule has 2 aromatic carbocycles. The Morgan fingerprint density at radius 2 is 1.92 bits per heavy atom. The highest BCUT2D eigenvalue weighted by Crippen LogP contribution is 2.29. The number of nitrogens with zero attached hydrogens (tertiary/aromatic N) is 2. The van der Waals surface area contributed by atoms with E-state index in [0.717, 1.165) is 10.5 Å². The number of nitrogens with one attached hydrogen (secondary N) is 1. The zero-order valence-corrected chi connectivity index (χ0v) is 14.7. The summed E-state index contributed by atoms with van der Waals surface area (Å²) in [5.74, 6) is 0.760. The van der Waals surface area contributed by atoms with Gasteiger partial charge in [0.1, 0.15) is 5.75 Å². The highest BCUT2D eigenvalue weighted by molar-refractivity contribution is 7.98. The first-order chi connectivity index (χ1) is 12.2. The van der Waals surface area contributed by atoms with Gasteiger partial charge in [0.15, 0.2) is 0 Å². The summed E-state index contributed by atoms with van der Waals surface area (Å²) >= 11 is 1.59. The van der Waals surface area contributed by atoms with Crippen LogP contribution in [0.4, 0.5) is 6.01 Å². The smallest absolute Gasteiger partial charge is 0.322 e. The zero-order valence-electron chi connectivity index (χ0n) is 13.9. The zero-order chi connectivity index (χ0) is 17.6. The van der Waals surface area contributed by atoms with Gasteiger partial charge in [0.25, 0.3) is 11.8 Å². The molecule has 3 rings (SSSR count). The van der Waals surface area contributed by atoms with E-state index in [4.69, 9.17) is 9.15 Å². The van der Waals surface area contributed by atoms with Crippen molar-refractivity contribution in [3.8, 4) is 17.2 Å². The van der Waals surface area contributed by atoms with E-state index in [1.807, 2.05) is 37.4 Å². The van der Waals surface area contributed by atoms with E-state index in [-0.39, 0.29) is 11.9 Å². The molecular formula is C18H17N3O3S. The highest BCUT2D eigenvalue weighted by atomic mass is 32.2. The van der Waals surface area contributed by atoms with Crippen molar-refractivity contribution in [3.05, 3.63) is 54.1 Å². The molecule has 0 unspecified atom stereocenters. The molecule has 0 saturated heterocycles. The number of aromatic nitrogens is 2. The molecule has 1 N–H and O–H groups in total. The van der Waals surface area contributed by atoms with Gasteiger partial charge in [0.2, 0.25) is 0 Å². The topological polar surface area (TPSA) is 77.2 Å². The van der Waals surface area contributed by atoms with Crippen molar-refractivity contribution < 1.29 is 13.9 Å². The van der Waals surface area contributed by atoms with E-state index < -0.39 is 0 Å². The second kappa shape index (κ2) is 7.85. The molecule has 0 aliphatic heterocycles. The van der Waals surface area contributed by atoms with Crippen molar-refractivity contribution in [2.45, 2.75) is 11.8 Å². The minimum absolute atomic E-state index is 0.0600. The van der Waals surface area contributed by atoms with Gasteiger partial charge in [-0.15, -0.1) is 16.9 Å². The van der Waals surface area contributed by atoms with E-state index >= 15 is 0 Å². The Balaban J connectivity index is 1.73. The van der Waals surface area contributed by atoms with Gasteiger partial charge in [0.05, 0.1) is 12.2 Å². The van der Waals surface area contributed by atoms with Gasteiger partial charge in [-0.05, 0) is 49.6 Å². The summed E-state index contributed by atoms with van der Waals surface area (Å²) in [7, 11) is 0. The lowest BCUT2D eigenvalue weighted by Gasteiger charge is -2.04. The Morgan fingerprint density at radius 1 is 1.16 bits per heavy atom. The Labute approximate surface area is 149 Å². The maximum absolute atomic E-state index is 12.3. The van der Waals surface area contributed by atoms with Crippen LogP contribution in [0.25, 0.3) is 11.5 Å². The molecule has 0 radical (unpaired) electrons. The number of hydrogen-bond acceptors (Lipinski definition) is 6. The normalized spacial score (nSPS) is 10.5. The van der Waals surface area contributed by atoms with E-state index in [1.165, 1.54) is 0 Å². The maximum atomic E-state index is 12.3.